The molecular weight excluding hydrogens is 370 g/mol. The number of allylic oxidation sites excluding steroid dienone is 1. The molecule has 3 aromatic carbocycles. The second-order valence-corrected chi connectivity index (χ2v) is 7.19. The first-order valence-electron chi connectivity index (χ1n) is 8.39. The van der Waals surface area contributed by atoms with Crippen molar-refractivity contribution in [1.29, 1.82) is 0 Å². The highest BCUT2D eigenvalue weighted by molar-refractivity contribution is 9.10. The van der Waals surface area contributed by atoms with Gasteiger partial charge in [-0.3, -0.25) is 4.99 Å². The summed E-state index contributed by atoms with van der Waals surface area (Å²) in [6.45, 7) is 2.18. The number of aliphatic imine (C=N–C) groups is 1. The zero-order valence-electron chi connectivity index (χ0n) is 14.0. The predicted molar refractivity (Wildman–Crippen MR) is 111 cm³/mol. The van der Waals surface area contributed by atoms with Crippen LogP contribution >= 0.6 is 15.9 Å². The van der Waals surface area contributed by atoms with Gasteiger partial charge < -0.3 is 0 Å². The molecule has 1 nitrogen and oxygen atoms in total. The second-order valence-electron chi connectivity index (χ2n) is 6.34. The third-order valence-electron chi connectivity index (χ3n) is 4.51. The van der Waals surface area contributed by atoms with E-state index >= 15 is 0 Å². The second kappa shape index (κ2) is 6.81. The van der Waals surface area contributed by atoms with Crippen molar-refractivity contribution in [1.82, 2.24) is 0 Å². The zero-order valence-corrected chi connectivity index (χ0v) is 15.6. The molecule has 0 saturated carbocycles. The van der Waals surface area contributed by atoms with Crippen molar-refractivity contribution in [3.05, 3.63) is 93.5 Å². The number of hydrogen-bond donors (Lipinski definition) is 0. The molecule has 25 heavy (non-hydrogen) atoms. The average molecular weight is 388 g/mol. The standard InChI is InChI=1S/C23H18BrN/c1-16-13-17-8-6-12-23(21(17)14-16)25-15-18-7-2-3-9-19(18)20-10-4-5-11-22(20)24/h2-13,15H,14H2,1H3. The molecule has 0 radical (unpaired) electrons. The summed E-state index contributed by atoms with van der Waals surface area (Å²) < 4.78 is 1.09. The van der Waals surface area contributed by atoms with Crippen molar-refractivity contribution in [2.45, 2.75) is 13.3 Å². The van der Waals surface area contributed by atoms with E-state index < -0.39 is 0 Å². The molecule has 1 aliphatic carbocycles. The van der Waals surface area contributed by atoms with E-state index in [-0.39, 0.29) is 0 Å². The van der Waals surface area contributed by atoms with Crippen LogP contribution in [0, 0.1) is 0 Å². The van der Waals surface area contributed by atoms with E-state index in [1.165, 1.54) is 27.8 Å². The zero-order chi connectivity index (χ0) is 17.2. The van der Waals surface area contributed by atoms with Crippen molar-refractivity contribution in [2.24, 2.45) is 4.99 Å². The predicted octanol–water partition coefficient (Wildman–Crippen LogP) is 6.83. The maximum atomic E-state index is 4.82. The molecule has 122 valence electrons. The van der Waals surface area contributed by atoms with Crippen molar-refractivity contribution in [3.8, 4) is 11.1 Å². The Morgan fingerprint density at radius 1 is 0.880 bits per heavy atom. The summed E-state index contributed by atoms with van der Waals surface area (Å²) in [4.78, 5) is 4.82. The maximum Gasteiger partial charge on any atom is 0.0671 e. The van der Waals surface area contributed by atoms with Crippen LogP contribution in [-0.4, -0.2) is 6.21 Å². The Bertz CT molecular complexity index is 998. The van der Waals surface area contributed by atoms with Gasteiger partial charge in [0.2, 0.25) is 0 Å². The fourth-order valence-corrected chi connectivity index (χ4v) is 3.81. The molecule has 0 N–H and O–H groups in total. The number of nitrogens with zero attached hydrogens (tertiary/aromatic N) is 1. The number of fused-ring (bicyclic) bond motifs is 1. The molecule has 0 spiro atoms. The topological polar surface area (TPSA) is 12.4 Å². The van der Waals surface area contributed by atoms with Gasteiger partial charge in [-0.1, -0.05) is 82.2 Å². The van der Waals surface area contributed by atoms with E-state index in [0.717, 1.165) is 22.1 Å². The average Bonchev–Trinajstić information content (AvgIpc) is 3.01. The van der Waals surface area contributed by atoms with E-state index in [0.29, 0.717) is 0 Å². The van der Waals surface area contributed by atoms with E-state index in [1.807, 2.05) is 12.3 Å². The van der Waals surface area contributed by atoms with Crippen molar-refractivity contribution < 1.29 is 0 Å². The lowest BCUT2D eigenvalue weighted by Crippen LogP contribution is -1.90. The SMILES string of the molecule is CC1=Cc2cccc(N=Cc3ccccc3-c3ccccc3Br)c2C1. The summed E-state index contributed by atoms with van der Waals surface area (Å²) in [6, 6.07) is 23.0. The normalized spacial score (nSPS) is 13.1. The maximum absolute atomic E-state index is 4.82. The van der Waals surface area contributed by atoms with Gasteiger partial charge in [-0.05, 0) is 47.7 Å². The fraction of sp³-hybridized carbons (Fsp3) is 0.0870. The third-order valence-corrected chi connectivity index (χ3v) is 5.20. The van der Waals surface area contributed by atoms with Crippen LogP contribution in [0.4, 0.5) is 5.69 Å². The largest absolute Gasteiger partial charge is 0.256 e. The van der Waals surface area contributed by atoms with Crippen LogP contribution in [0.15, 0.2) is 81.8 Å². The molecule has 0 aromatic heterocycles. The van der Waals surface area contributed by atoms with Gasteiger partial charge in [0.1, 0.15) is 0 Å². The minimum absolute atomic E-state index is 0.995. The fourth-order valence-electron chi connectivity index (χ4n) is 3.31. The van der Waals surface area contributed by atoms with Gasteiger partial charge in [0.25, 0.3) is 0 Å². The summed E-state index contributed by atoms with van der Waals surface area (Å²) in [7, 11) is 0. The molecule has 0 unspecified atom stereocenters. The van der Waals surface area contributed by atoms with Gasteiger partial charge in [0, 0.05) is 16.3 Å². The van der Waals surface area contributed by atoms with Gasteiger partial charge in [-0.15, -0.1) is 0 Å². The van der Waals surface area contributed by atoms with Crippen LogP contribution in [-0.2, 0) is 6.42 Å². The molecule has 0 bridgehead atoms. The lowest BCUT2D eigenvalue weighted by Gasteiger charge is -2.08. The molecule has 0 heterocycles. The summed E-state index contributed by atoms with van der Waals surface area (Å²) in [5.74, 6) is 0. The van der Waals surface area contributed by atoms with Crippen molar-refractivity contribution in [3.63, 3.8) is 0 Å². The number of rotatable bonds is 3. The van der Waals surface area contributed by atoms with E-state index in [1.54, 1.807) is 0 Å². The van der Waals surface area contributed by atoms with Crippen LogP contribution in [0.3, 0.4) is 0 Å². The molecule has 4 rings (SSSR count). The van der Waals surface area contributed by atoms with Gasteiger partial charge in [-0.25, -0.2) is 0 Å². The molecule has 0 fully saturated rings. The highest BCUT2D eigenvalue weighted by Crippen LogP contribution is 2.33. The molecule has 2 heteroatoms. The molecule has 1 aliphatic rings. The van der Waals surface area contributed by atoms with E-state index in [9.17, 15) is 0 Å². The molecule has 0 atom stereocenters. The monoisotopic (exact) mass is 387 g/mol. The van der Waals surface area contributed by atoms with Crippen LogP contribution in [0.5, 0.6) is 0 Å². The Morgan fingerprint density at radius 2 is 1.64 bits per heavy atom. The summed E-state index contributed by atoms with van der Waals surface area (Å²) >= 11 is 3.66. The first-order chi connectivity index (χ1) is 12.2. The van der Waals surface area contributed by atoms with Crippen LogP contribution in [0.2, 0.25) is 0 Å². The Labute approximate surface area is 156 Å². The summed E-state index contributed by atoms with van der Waals surface area (Å²) in [5.41, 5.74) is 8.57. The van der Waals surface area contributed by atoms with Crippen LogP contribution in [0.1, 0.15) is 23.6 Å². The first kappa shape index (κ1) is 16.0. The molecule has 0 saturated heterocycles. The Kier molecular flexibility index (Phi) is 4.37. The van der Waals surface area contributed by atoms with Crippen molar-refractivity contribution >= 4 is 33.9 Å². The van der Waals surface area contributed by atoms with Gasteiger partial charge >= 0.3 is 0 Å². The molecule has 3 aromatic rings. The number of hydrogen-bond acceptors (Lipinski definition) is 1. The summed E-state index contributed by atoms with van der Waals surface area (Å²) in [5, 5.41) is 0. The molecule has 0 amide bonds. The number of halogens is 1. The van der Waals surface area contributed by atoms with Gasteiger partial charge in [0.15, 0.2) is 0 Å². The molecular formula is C23H18BrN. The Hall–Kier alpha value is -2.45. The highest BCUT2D eigenvalue weighted by Gasteiger charge is 2.13. The smallest absolute Gasteiger partial charge is 0.0671 e. The Balaban J connectivity index is 1.73. The third kappa shape index (κ3) is 3.22. The Morgan fingerprint density at radius 3 is 2.48 bits per heavy atom. The van der Waals surface area contributed by atoms with E-state index in [2.05, 4.69) is 89.6 Å². The minimum atomic E-state index is 0.995. The van der Waals surface area contributed by atoms with E-state index in [4.69, 9.17) is 4.99 Å². The first-order valence-corrected chi connectivity index (χ1v) is 9.19. The minimum Gasteiger partial charge on any atom is -0.256 e. The quantitative estimate of drug-likeness (QED) is 0.436. The summed E-state index contributed by atoms with van der Waals surface area (Å²) in [6.07, 6.45) is 5.23. The number of benzene rings is 3. The van der Waals surface area contributed by atoms with Gasteiger partial charge in [-0.2, -0.15) is 0 Å². The van der Waals surface area contributed by atoms with Gasteiger partial charge in [0.05, 0.1) is 5.69 Å². The van der Waals surface area contributed by atoms with Crippen LogP contribution in [0.25, 0.3) is 17.2 Å². The highest BCUT2D eigenvalue weighted by atomic mass is 79.9. The van der Waals surface area contributed by atoms with Crippen molar-refractivity contribution in [2.75, 3.05) is 0 Å². The van der Waals surface area contributed by atoms with Crippen LogP contribution < -0.4 is 0 Å². The lowest BCUT2D eigenvalue weighted by atomic mass is 10.0. The molecule has 0 aliphatic heterocycles. The lowest BCUT2D eigenvalue weighted by molar-refractivity contribution is 1.19.